The SMILES string of the molecule is CCOC(=O)c1cc2c(=O)n3cccc(C)c3nc2n(CCCOC)c1=NC(=O)c1ccc(C)c([N+](=O)[O-])c1. The molecule has 12 heteroatoms. The summed E-state index contributed by atoms with van der Waals surface area (Å²) < 4.78 is 13.3. The van der Waals surface area contributed by atoms with Crippen molar-refractivity contribution in [2.24, 2.45) is 4.99 Å². The van der Waals surface area contributed by atoms with Crippen LogP contribution in [0.4, 0.5) is 5.69 Å². The van der Waals surface area contributed by atoms with Crippen molar-refractivity contribution in [3.63, 3.8) is 0 Å². The maximum absolute atomic E-state index is 13.5. The fraction of sp³-hybridized carbons (Fsp3) is 0.296. The zero-order valence-corrected chi connectivity index (χ0v) is 22.0. The third-order valence-electron chi connectivity index (χ3n) is 6.19. The molecule has 0 fully saturated rings. The number of hydrogen-bond donors (Lipinski definition) is 0. The van der Waals surface area contributed by atoms with Crippen molar-refractivity contribution in [1.82, 2.24) is 14.0 Å². The molecule has 39 heavy (non-hydrogen) atoms. The highest BCUT2D eigenvalue weighted by Crippen LogP contribution is 2.20. The van der Waals surface area contributed by atoms with Gasteiger partial charge in [-0.15, -0.1) is 0 Å². The number of ether oxygens (including phenoxy) is 2. The summed E-state index contributed by atoms with van der Waals surface area (Å²) in [6.07, 6.45) is 2.03. The third-order valence-corrected chi connectivity index (χ3v) is 6.19. The second kappa shape index (κ2) is 11.4. The van der Waals surface area contributed by atoms with E-state index in [1.54, 1.807) is 33.2 Å². The normalized spacial score (nSPS) is 11.7. The highest BCUT2D eigenvalue weighted by atomic mass is 16.6. The summed E-state index contributed by atoms with van der Waals surface area (Å²) in [6, 6.07) is 8.89. The van der Waals surface area contributed by atoms with Gasteiger partial charge in [-0.3, -0.25) is 24.1 Å². The lowest BCUT2D eigenvalue weighted by atomic mass is 10.1. The van der Waals surface area contributed by atoms with Gasteiger partial charge in [-0.05, 0) is 51.0 Å². The van der Waals surface area contributed by atoms with Gasteiger partial charge in [0.2, 0.25) is 0 Å². The Kier molecular flexibility index (Phi) is 7.96. The highest BCUT2D eigenvalue weighted by molar-refractivity contribution is 5.97. The van der Waals surface area contributed by atoms with E-state index in [9.17, 15) is 24.5 Å². The van der Waals surface area contributed by atoms with Crippen LogP contribution < -0.4 is 11.0 Å². The van der Waals surface area contributed by atoms with Crippen LogP contribution in [0.2, 0.25) is 0 Å². The molecule has 202 valence electrons. The molecule has 0 aliphatic carbocycles. The van der Waals surface area contributed by atoms with Gasteiger partial charge in [-0.1, -0.05) is 12.1 Å². The number of methoxy groups -OCH3 is 1. The predicted octanol–water partition coefficient (Wildman–Crippen LogP) is 3.13. The van der Waals surface area contributed by atoms with Gasteiger partial charge in [0.15, 0.2) is 5.49 Å². The molecule has 4 aromatic rings. The fourth-order valence-corrected chi connectivity index (χ4v) is 4.25. The van der Waals surface area contributed by atoms with Crippen molar-refractivity contribution >= 4 is 34.2 Å². The minimum Gasteiger partial charge on any atom is -0.462 e. The first-order valence-electron chi connectivity index (χ1n) is 12.2. The van der Waals surface area contributed by atoms with E-state index in [-0.39, 0.29) is 46.5 Å². The molecule has 1 aromatic carbocycles. The number of nitro benzene ring substituents is 1. The van der Waals surface area contributed by atoms with E-state index in [4.69, 9.17) is 14.5 Å². The number of carbonyl (C=O) groups excluding carboxylic acids is 2. The summed E-state index contributed by atoms with van der Waals surface area (Å²) in [5.41, 5.74) is 0.908. The van der Waals surface area contributed by atoms with E-state index in [0.29, 0.717) is 24.2 Å². The van der Waals surface area contributed by atoms with Crippen LogP contribution in [0.25, 0.3) is 16.7 Å². The van der Waals surface area contributed by atoms with Gasteiger partial charge in [0, 0.05) is 43.7 Å². The standard InChI is InChI=1S/C27H27N5O7/c1-5-39-27(35)20-15-19-23(28-22-17(3)8-6-11-31(22)26(19)34)30(12-7-13-38-4)24(20)29-25(33)18-10-9-16(2)21(14-18)32(36)37/h6,8-11,14-15H,5,7,12-13H2,1-4H3. The first-order valence-corrected chi connectivity index (χ1v) is 12.2. The van der Waals surface area contributed by atoms with Crippen LogP contribution in [0.15, 0.2) is 52.4 Å². The summed E-state index contributed by atoms with van der Waals surface area (Å²) in [6.45, 7) is 5.60. The Bertz CT molecular complexity index is 1750. The number of pyridine rings is 2. The summed E-state index contributed by atoms with van der Waals surface area (Å²) in [5.74, 6) is -1.59. The summed E-state index contributed by atoms with van der Waals surface area (Å²) >= 11 is 0. The van der Waals surface area contributed by atoms with Gasteiger partial charge in [0.1, 0.15) is 16.9 Å². The molecule has 0 unspecified atom stereocenters. The maximum Gasteiger partial charge on any atom is 0.341 e. The van der Waals surface area contributed by atoms with Crippen LogP contribution in [-0.4, -0.2) is 51.1 Å². The molecule has 12 nitrogen and oxygen atoms in total. The number of fused-ring (bicyclic) bond motifs is 2. The third kappa shape index (κ3) is 5.32. The molecule has 3 aromatic heterocycles. The van der Waals surface area contributed by atoms with Crippen molar-refractivity contribution in [2.75, 3.05) is 20.3 Å². The van der Waals surface area contributed by atoms with Gasteiger partial charge in [0.25, 0.3) is 17.2 Å². The number of carbonyl (C=O) groups is 2. The second-order valence-electron chi connectivity index (χ2n) is 8.81. The number of aromatic nitrogens is 3. The molecule has 0 bridgehead atoms. The Balaban J connectivity index is 2.10. The quantitative estimate of drug-likeness (QED) is 0.110. The second-order valence-corrected chi connectivity index (χ2v) is 8.81. The molecule has 0 atom stereocenters. The van der Waals surface area contributed by atoms with Crippen molar-refractivity contribution in [1.29, 1.82) is 0 Å². The van der Waals surface area contributed by atoms with Crippen molar-refractivity contribution < 1.29 is 24.0 Å². The Morgan fingerprint density at radius 2 is 1.90 bits per heavy atom. The number of amides is 1. The Morgan fingerprint density at radius 1 is 1.13 bits per heavy atom. The summed E-state index contributed by atoms with van der Waals surface area (Å²) in [5, 5.41) is 11.6. The number of rotatable bonds is 8. The topological polar surface area (TPSA) is 147 Å². The number of nitrogens with zero attached hydrogens (tertiary/aromatic N) is 5. The first kappa shape index (κ1) is 27.3. The minimum absolute atomic E-state index is 0.0342. The van der Waals surface area contributed by atoms with E-state index in [1.807, 2.05) is 13.0 Å². The van der Waals surface area contributed by atoms with E-state index in [1.165, 1.54) is 27.2 Å². The Morgan fingerprint density at radius 3 is 2.59 bits per heavy atom. The molecule has 0 N–H and O–H groups in total. The summed E-state index contributed by atoms with van der Waals surface area (Å²) in [4.78, 5) is 59.7. The number of hydrogen-bond acceptors (Lipinski definition) is 8. The monoisotopic (exact) mass is 533 g/mol. The first-order chi connectivity index (χ1) is 18.7. The zero-order chi connectivity index (χ0) is 28.3. The van der Waals surface area contributed by atoms with E-state index < -0.39 is 22.4 Å². The van der Waals surface area contributed by atoms with Crippen molar-refractivity contribution in [3.8, 4) is 0 Å². The minimum atomic E-state index is -0.808. The summed E-state index contributed by atoms with van der Waals surface area (Å²) in [7, 11) is 1.54. The number of aryl methyl sites for hydroxylation is 3. The molecule has 0 aliphatic rings. The predicted molar refractivity (Wildman–Crippen MR) is 142 cm³/mol. The maximum atomic E-state index is 13.5. The number of esters is 1. The molecule has 0 saturated heterocycles. The molecule has 0 aliphatic heterocycles. The molecular formula is C27H27N5O7. The Labute approximate surface area is 222 Å². The largest absolute Gasteiger partial charge is 0.462 e. The number of nitro groups is 1. The number of benzene rings is 1. The molecule has 1 amide bonds. The lowest BCUT2D eigenvalue weighted by Gasteiger charge is -2.15. The van der Waals surface area contributed by atoms with Gasteiger partial charge < -0.3 is 14.0 Å². The van der Waals surface area contributed by atoms with Gasteiger partial charge >= 0.3 is 5.97 Å². The van der Waals surface area contributed by atoms with E-state index >= 15 is 0 Å². The molecular weight excluding hydrogens is 506 g/mol. The van der Waals surface area contributed by atoms with Crippen LogP contribution in [0.1, 0.15) is 45.2 Å². The van der Waals surface area contributed by atoms with Crippen LogP contribution in [0, 0.1) is 24.0 Å². The highest BCUT2D eigenvalue weighted by Gasteiger charge is 2.21. The molecule has 0 saturated carbocycles. The lowest BCUT2D eigenvalue weighted by molar-refractivity contribution is -0.385. The van der Waals surface area contributed by atoms with Crippen LogP contribution in [0.5, 0.6) is 0 Å². The van der Waals surface area contributed by atoms with E-state index in [2.05, 4.69) is 4.99 Å². The fourth-order valence-electron chi connectivity index (χ4n) is 4.25. The molecule has 0 spiro atoms. The van der Waals surface area contributed by atoms with Crippen LogP contribution in [-0.2, 0) is 16.0 Å². The molecule has 0 radical (unpaired) electrons. The zero-order valence-electron chi connectivity index (χ0n) is 22.0. The van der Waals surface area contributed by atoms with Crippen molar-refractivity contribution in [3.05, 3.63) is 90.8 Å². The average Bonchev–Trinajstić information content (AvgIpc) is 2.90. The lowest BCUT2D eigenvalue weighted by Crippen LogP contribution is -2.33. The molecule has 3 heterocycles. The van der Waals surface area contributed by atoms with Gasteiger partial charge in [0.05, 0.1) is 16.9 Å². The smallest absolute Gasteiger partial charge is 0.341 e. The van der Waals surface area contributed by atoms with E-state index in [0.717, 1.165) is 11.6 Å². The van der Waals surface area contributed by atoms with Crippen LogP contribution >= 0.6 is 0 Å². The van der Waals surface area contributed by atoms with Gasteiger partial charge in [-0.25, -0.2) is 9.78 Å². The average molecular weight is 534 g/mol. The van der Waals surface area contributed by atoms with Gasteiger partial charge in [-0.2, -0.15) is 4.99 Å². The van der Waals surface area contributed by atoms with Crippen LogP contribution in [0.3, 0.4) is 0 Å². The Hall–Kier alpha value is -4.71. The van der Waals surface area contributed by atoms with Crippen molar-refractivity contribution in [2.45, 2.75) is 33.7 Å². The molecule has 4 rings (SSSR count).